The summed E-state index contributed by atoms with van der Waals surface area (Å²) >= 11 is 13.7. The van der Waals surface area contributed by atoms with Gasteiger partial charge in [0, 0.05) is 29.2 Å². The normalized spacial score (nSPS) is 10.5. The number of anilines is 1. The van der Waals surface area contributed by atoms with Crippen LogP contribution in [0.2, 0.25) is 10.0 Å². The summed E-state index contributed by atoms with van der Waals surface area (Å²) in [5.41, 5.74) is 1.06. The number of carbonyl (C=O) groups excluding carboxylic acids is 1. The van der Waals surface area contributed by atoms with Crippen LogP contribution >= 0.6 is 35.0 Å². The number of benzene rings is 1. The zero-order valence-corrected chi connectivity index (χ0v) is 14.5. The van der Waals surface area contributed by atoms with Gasteiger partial charge in [-0.2, -0.15) is 0 Å². The van der Waals surface area contributed by atoms with Gasteiger partial charge in [0.1, 0.15) is 5.82 Å². The predicted molar refractivity (Wildman–Crippen MR) is 92.5 cm³/mol. The molecule has 0 saturated heterocycles. The van der Waals surface area contributed by atoms with Crippen molar-refractivity contribution in [3.8, 4) is 0 Å². The molecule has 0 saturated carbocycles. The molecule has 22 heavy (non-hydrogen) atoms. The van der Waals surface area contributed by atoms with Crippen LogP contribution in [0.15, 0.2) is 29.6 Å². The molecule has 0 atom stereocenters. The second-order valence-corrected chi connectivity index (χ2v) is 6.04. The summed E-state index contributed by atoms with van der Waals surface area (Å²) < 4.78 is 0. The van der Waals surface area contributed by atoms with E-state index in [9.17, 15) is 4.79 Å². The highest BCUT2D eigenvalue weighted by Gasteiger charge is 2.17. The number of aromatic nitrogens is 2. The highest BCUT2D eigenvalue weighted by atomic mass is 35.5. The van der Waals surface area contributed by atoms with Crippen molar-refractivity contribution in [2.24, 2.45) is 0 Å². The summed E-state index contributed by atoms with van der Waals surface area (Å²) in [4.78, 5) is 21.1. The third-order valence-corrected chi connectivity index (χ3v) is 4.26. The van der Waals surface area contributed by atoms with Gasteiger partial charge in [-0.05, 0) is 30.9 Å². The van der Waals surface area contributed by atoms with Crippen LogP contribution in [0.5, 0.6) is 0 Å². The van der Waals surface area contributed by atoms with Crippen molar-refractivity contribution >= 4 is 46.6 Å². The molecule has 1 aromatic heterocycles. The lowest BCUT2D eigenvalue weighted by Crippen LogP contribution is -2.12. The second kappa shape index (κ2) is 7.81. The fourth-order valence-corrected chi connectivity index (χ4v) is 2.80. The number of nitrogens with one attached hydrogen (secondary N) is 1. The van der Waals surface area contributed by atoms with E-state index in [1.165, 1.54) is 11.8 Å². The number of Topliss-reactive ketones (excluding diaryl/α,β-unsaturated/α-hetero) is 1. The Balaban J connectivity index is 2.33. The fraction of sp³-hybridized carbons (Fsp3) is 0.267. The quantitative estimate of drug-likeness (QED) is 0.473. The molecule has 0 aliphatic carbocycles. The van der Waals surface area contributed by atoms with Gasteiger partial charge in [-0.15, -0.1) is 0 Å². The van der Waals surface area contributed by atoms with E-state index >= 15 is 0 Å². The SMILES string of the molecule is CCNc1nc(SC)ncc1C(=O)Cc1c(Cl)cccc1Cl. The highest BCUT2D eigenvalue weighted by molar-refractivity contribution is 7.98. The van der Waals surface area contributed by atoms with Crippen LogP contribution in [0.4, 0.5) is 5.82 Å². The van der Waals surface area contributed by atoms with E-state index in [2.05, 4.69) is 15.3 Å². The zero-order chi connectivity index (χ0) is 16.1. The number of halogens is 2. The molecule has 116 valence electrons. The molecule has 7 heteroatoms. The van der Waals surface area contributed by atoms with E-state index in [1.807, 2.05) is 13.2 Å². The van der Waals surface area contributed by atoms with Gasteiger partial charge in [0.2, 0.25) is 0 Å². The van der Waals surface area contributed by atoms with Crippen LogP contribution in [0.25, 0.3) is 0 Å². The van der Waals surface area contributed by atoms with Crippen molar-refractivity contribution in [1.29, 1.82) is 0 Å². The number of hydrogen-bond donors (Lipinski definition) is 1. The maximum Gasteiger partial charge on any atom is 0.189 e. The molecule has 4 nitrogen and oxygen atoms in total. The molecule has 0 aliphatic rings. The van der Waals surface area contributed by atoms with Gasteiger partial charge < -0.3 is 5.32 Å². The van der Waals surface area contributed by atoms with Crippen molar-refractivity contribution in [2.75, 3.05) is 18.1 Å². The summed E-state index contributed by atoms with van der Waals surface area (Å²) in [6.07, 6.45) is 3.54. The molecule has 1 N–H and O–H groups in total. The molecule has 1 heterocycles. The molecular weight excluding hydrogens is 341 g/mol. The van der Waals surface area contributed by atoms with Crippen LogP contribution < -0.4 is 5.32 Å². The van der Waals surface area contributed by atoms with Gasteiger partial charge in [0.05, 0.1) is 5.56 Å². The van der Waals surface area contributed by atoms with Crippen LogP contribution in [-0.2, 0) is 6.42 Å². The number of thioether (sulfide) groups is 1. The number of hydrogen-bond acceptors (Lipinski definition) is 5. The lowest BCUT2D eigenvalue weighted by atomic mass is 10.0. The first-order valence-electron chi connectivity index (χ1n) is 6.67. The van der Waals surface area contributed by atoms with Crippen molar-refractivity contribution < 1.29 is 4.79 Å². The number of carbonyl (C=O) groups is 1. The van der Waals surface area contributed by atoms with E-state index in [4.69, 9.17) is 23.2 Å². The zero-order valence-electron chi connectivity index (χ0n) is 12.2. The lowest BCUT2D eigenvalue weighted by Gasteiger charge is -2.11. The number of rotatable bonds is 6. The summed E-state index contributed by atoms with van der Waals surface area (Å²) in [6.45, 7) is 2.61. The Hall–Kier alpha value is -1.30. The average Bonchev–Trinajstić information content (AvgIpc) is 2.51. The topological polar surface area (TPSA) is 54.9 Å². The van der Waals surface area contributed by atoms with E-state index in [-0.39, 0.29) is 12.2 Å². The van der Waals surface area contributed by atoms with Crippen molar-refractivity contribution in [3.63, 3.8) is 0 Å². The first-order chi connectivity index (χ1) is 10.6. The molecule has 0 amide bonds. The summed E-state index contributed by atoms with van der Waals surface area (Å²) in [5, 5.41) is 4.67. The van der Waals surface area contributed by atoms with Crippen LogP contribution in [0.1, 0.15) is 22.8 Å². The second-order valence-electron chi connectivity index (χ2n) is 4.45. The van der Waals surface area contributed by atoms with Crippen molar-refractivity contribution in [1.82, 2.24) is 9.97 Å². The Labute approximate surface area is 143 Å². The predicted octanol–water partition coefficient (Wildman–Crippen LogP) is 4.36. The van der Waals surface area contributed by atoms with E-state index in [0.29, 0.717) is 38.7 Å². The minimum Gasteiger partial charge on any atom is -0.370 e. The molecule has 0 bridgehead atoms. The van der Waals surface area contributed by atoms with Gasteiger partial charge in [-0.25, -0.2) is 9.97 Å². The van der Waals surface area contributed by atoms with Crippen LogP contribution in [0.3, 0.4) is 0 Å². The Morgan fingerprint density at radius 2 is 2.00 bits per heavy atom. The Morgan fingerprint density at radius 3 is 2.59 bits per heavy atom. The molecule has 0 aliphatic heterocycles. The van der Waals surface area contributed by atoms with Gasteiger partial charge in [-0.3, -0.25) is 4.79 Å². The Kier molecular flexibility index (Phi) is 6.06. The first kappa shape index (κ1) is 17.1. The molecule has 0 radical (unpaired) electrons. The smallest absolute Gasteiger partial charge is 0.189 e. The fourth-order valence-electron chi connectivity index (χ4n) is 1.93. The minimum atomic E-state index is -0.126. The van der Waals surface area contributed by atoms with E-state index in [1.54, 1.807) is 24.4 Å². The van der Waals surface area contributed by atoms with Gasteiger partial charge >= 0.3 is 0 Å². The number of ketones is 1. The van der Waals surface area contributed by atoms with Crippen LogP contribution in [0, 0.1) is 0 Å². The van der Waals surface area contributed by atoms with Crippen LogP contribution in [-0.4, -0.2) is 28.6 Å². The molecule has 2 aromatic rings. The highest BCUT2D eigenvalue weighted by Crippen LogP contribution is 2.27. The third-order valence-electron chi connectivity index (χ3n) is 2.99. The maximum atomic E-state index is 12.6. The summed E-state index contributed by atoms with van der Waals surface area (Å²) in [6, 6.07) is 5.18. The maximum absolute atomic E-state index is 12.6. The molecular formula is C15H15Cl2N3OS. The molecule has 2 rings (SSSR count). The van der Waals surface area contributed by atoms with Crippen molar-refractivity contribution in [3.05, 3.63) is 45.6 Å². The standard InChI is InChI=1S/C15H15Cl2N3OS/c1-3-18-14-10(8-19-15(20-14)22-2)13(21)7-9-11(16)5-4-6-12(9)17/h4-6,8H,3,7H2,1-2H3,(H,18,19,20). The van der Waals surface area contributed by atoms with Gasteiger partial charge in [-0.1, -0.05) is 41.0 Å². The van der Waals surface area contributed by atoms with Gasteiger partial charge in [0.25, 0.3) is 0 Å². The van der Waals surface area contributed by atoms with E-state index in [0.717, 1.165) is 0 Å². The van der Waals surface area contributed by atoms with E-state index < -0.39 is 0 Å². The average molecular weight is 356 g/mol. The first-order valence-corrected chi connectivity index (χ1v) is 8.65. The van der Waals surface area contributed by atoms with Crippen molar-refractivity contribution in [2.45, 2.75) is 18.5 Å². The lowest BCUT2D eigenvalue weighted by molar-refractivity contribution is 0.0993. The molecule has 0 fully saturated rings. The molecule has 0 spiro atoms. The monoisotopic (exact) mass is 355 g/mol. The molecule has 1 aromatic carbocycles. The largest absolute Gasteiger partial charge is 0.370 e. The summed E-state index contributed by atoms with van der Waals surface area (Å²) in [7, 11) is 0. The number of nitrogens with zero attached hydrogens (tertiary/aromatic N) is 2. The Morgan fingerprint density at radius 1 is 1.32 bits per heavy atom. The summed E-state index contributed by atoms with van der Waals surface area (Å²) in [5.74, 6) is 0.411. The molecule has 0 unspecified atom stereocenters. The van der Waals surface area contributed by atoms with Gasteiger partial charge in [0.15, 0.2) is 10.9 Å². The third kappa shape index (κ3) is 3.91. The minimum absolute atomic E-state index is 0.110. The Bertz CT molecular complexity index is 674.